The third-order valence-corrected chi connectivity index (χ3v) is 5.45. The fourth-order valence-electron chi connectivity index (χ4n) is 3.65. The molecule has 2 heteroatoms. The maximum Gasteiger partial charge on any atom is 0.137 e. The average molecular weight is 393 g/mol. The van der Waals surface area contributed by atoms with Crippen LogP contribution < -0.4 is 0 Å². The van der Waals surface area contributed by atoms with Gasteiger partial charge in [-0.15, -0.1) is 0 Å². The number of nitrogens with zero attached hydrogens (tertiary/aromatic N) is 1. The van der Waals surface area contributed by atoms with Gasteiger partial charge in [-0.05, 0) is 44.4 Å². The molecule has 0 saturated heterocycles. The summed E-state index contributed by atoms with van der Waals surface area (Å²) >= 11 is 0. The Hall–Kier alpha value is -3.39. The van der Waals surface area contributed by atoms with Crippen LogP contribution in [0.1, 0.15) is 40.5 Å². The van der Waals surface area contributed by atoms with E-state index in [2.05, 4.69) is 82.3 Å². The lowest BCUT2D eigenvalue weighted by Gasteiger charge is -2.14. The van der Waals surface area contributed by atoms with Gasteiger partial charge in [0.15, 0.2) is 0 Å². The molecule has 0 atom stereocenters. The number of benzene rings is 2. The molecular weight excluding hydrogens is 366 g/mol. The minimum absolute atomic E-state index is 0.847. The molecule has 0 spiro atoms. The van der Waals surface area contributed by atoms with Crippen LogP contribution in [0.3, 0.4) is 0 Å². The van der Waals surface area contributed by atoms with E-state index in [1.165, 1.54) is 11.1 Å². The van der Waals surface area contributed by atoms with Crippen molar-refractivity contribution < 1.29 is 4.42 Å². The van der Waals surface area contributed by atoms with Crippen LogP contribution >= 0.6 is 0 Å². The first kappa shape index (κ1) is 19.9. The van der Waals surface area contributed by atoms with Crippen molar-refractivity contribution in [1.29, 1.82) is 0 Å². The van der Waals surface area contributed by atoms with Gasteiger partial charge in [0, 0.05) is 29.3 Å². The number of fused-ring (bicyclic) bond motifs is 1. The summed E-state index contributed by atoms with van der Waals surface area (Å²) in [6, 6.07) is 16.9. The molecule has 30 heavy (non-hydrogen) atoms. The van der Waals surface area contributed by atoms with Crippen molar-refractivity contribution in [2.45, 2.75) is 27.7 Å². The molecule has 1 radical (unpaired) electrons. The number of aryl methyl sites for hydroxylation is 2. The zero-order valence-electron chi connectivity index (χ0n) is 18.0. The molecular formula is C28H26NO. The van der Waals surface area contributed by atoms with Crippen molar-refractivity contribution in [2.75, 3.05) is 0 Å². The lowest BCUT2D eigenvalue weighted by molar-refractivity contribution is 0.567. The smallest absolute Gasteiger partial charge is 0.137 e. The van der Waals surface area contributed by atoms with Crippen molar-refractivity contribution in [2.24, 2.45) is 4.99 Å². The van der Waals surface area contributed by atoms with Gasteiger partial charge in [-0.25, -0.2) is 0 Å². The van der Waals surface area contributed by atoms with Crippen LogP contribution in [-0.2, 0) is 0 Å². The van der Waals surface area contributed by atoms with Gasteiger partial charge in [-0.2, -0.15) is 0 Å². The molecule has 1 aliphatic carbocycles. The molecule has 0 unspecified atom stereocenters. The molecule has 0 aliphatic heterocycles. The van der Waals surface area contributed by atoms with E-state index in [4.69, 9.17) is 9.41 Å². The molecule has 149 valence electrons. The standard InChI is InChI=1S/C28H26NO/c1-6-7-24-16-25-20(4)28(23-14-10-19(3)11-15-23)30-27(25)17-26(24)29-21(5)22-12-8-18(2)9-13-22/h6-17H,1H2,2-5H3/b24-7+,29-21?. The fraction of sp³-hybridized carbons (Fsp3) is 0.143. The minimum Gasteiger partial charge on any atom is -0.456 e. The molecule has 0 bridgehead atoms. The average Bonchev–Trinajstić information content (AvgIpc) is 3.05. The van der Waals surface area contributed by atoms with Crippen LogP contribution in [0.25, 0.3) is 17.4 Å². The molecule has 2 nitrogen and oxygen atoms in total. The zero-order valence-corrected chi connectivity index (χ0v) is 18.0. The summed E-state index contributed by atoms with van der Waals surface area (Å²) in [6.07, 6.45) is 7.98. The van der Waals surface area contributed by atoms with E-state index >= 15 is 0 Å². The third kappa shape index (κ3) is 3.86. The van der Waals surface area contributed by atoms with Gasteiger partial charge in [0.05, 0.1) is 5.70 Å². The molecule has 0 amide bonds. The van der Waals surface area contributed by atoms with E-state index in [1.807, 2.05) is 19.1 Å². The molecule has 0 N–H and O–H groups in total. The second-order valence-corrected chi connectivity index (χ2v) is 7.80. The van der Waals surface area contributed by atoms with Crippen molar-refractivity contribution in [3.05, 3.63) is 119 Å². The van der Waals surface area contributed by atoms with Crippen LogP contribution in [0.2, 0.25) is 0 Å². The Morgan fingerprint density at radius 3 is 2.20 bits per heavy atom. The number of hydrogen-bond acceptors (Lipinski definition) is 2. The number of allylic oxidation sites excluding steroid dienone is 3. The Morgan fingerprint density at radius 2 is 1.57 bits per heavy atom. The molecule has 0 fully saturated rings. The Morgan fingerprint density at radius 1 is 0.933 bits per heavy atom. The lowest BCUT2D eigenvalue weighted by atomic mass is 9.92. The van der Waals surface area contributed by atoms with Crippen LogP contribution in [0, 0.1) is 27.2 Å². The first-order chi connectivity index (χ1) is 14.5. The zero-order chi connectivity index (χ0) is 21.3. The number of hydrogen-bond donors (Lipinski definition) is 0. The predicted molar refractivity (Wildman–Crippen MR) is 127 cm³/mol. The summed E-state index contributed by atoms with van der Waals surface area (Å²) in [5.41, 5.74) is 9.79. The topological polar surface area (TPSA) is 25.5 Å². The van der Waals surface area contributed by atoms with E-state index in [-0.39, 0.29) is 0 Å². The molecule has 3 aromatic rings. The van der Waals surface area contributed by atoms with Crippen molar-refractivity contribution in [3.63, 3.8) is 0 Å². The molecule has 4 rings (SSSR count). The van der Waals surface area contributed by atoms with Crippen LogP contribution in [-0.4, -0.2) is 5.71 Å². The molecule has 1 aliphatic rings. The summed E-state index contributed by atoms with van der Waals surface area (Å²) in [6.45, 7) is 12.2. The largest absolute Gasteiger partial charge is 0.456 e. The summed E-state index contributed by atoms with van der Waals surface area (Å²) < 4.78 is 6.29. The normalized spacial score (nSPS) is 15.1. The number of furan rings is 1. The maximum absolute atomic E-state index is 6.29. The van der Waals surface area contributed by atoms with Gasteiger partial charge < -0.3 is 4.42 Å². The van der Waals surface area contributed by atoms with Crippen molar-refractivity contribution in [3.8, 4) is 11.3 Å². The number of aliphatic imine (C=N–C) groups is 1. The molecule has 1 heterocycles. The second-order valence-electron chi connectivity index (χ2n) is 7.80. The Labute approximate surface area is 179 Å². The van der Waals surface area contributed by atoms with Crippen LogP contribution in [0.5, 0.6) is 0 Å². The Kier molecular flexibility index (Phi) is 5.41. The highest BCUT2D eigenvalue weighted by molar-refractivity contribution is 6.00. The monoisotopic (exact) mass is 392 g/mol. The predicted octanol–water partition coefficient (Wildman–Crippen LogP) is 7.40. The van der Waals surface area contributed by atoms with Crippen molar-refractivity contribution >= 4 is 11.8 Å². The van der Waals surface area contributed by atoms with E-state index in [0.717, 1.165) is 50.8 Å². The minimum atomic E-state index is 0.847. The van der Waals surface area contributed by atoms with Gasteiger partial charge in [-0.1, -0.05) is 78.4 Å². The van der Waals surface area contributed by atoms with Crippen molar-refractivity contribution in [1.82, 2.24) is 0 Å². The van der Waals surface area contributed by atoms with E-state index in [1.54, 1.807) is 6.08 Å². The first-order valence-corrected chi connectivity index (χ1v) is 10.2. The summed E-state index contributed by atoms with van der Waals surface area (Å²) in [7, 11) is 0. The SMILES string of the molecule is C=C/C=C1\[CH]c2c(oc(-c3ccc(C)cc3)c2C)C=C1N=C(C)c1ccc(C)cc1. The quantitative estimate of drug-likeness (QED) is 0.425. The van der Waals surface area contributed by atoms with E-state index < -0.39 is 0 Å². The van der Waals surface area contributed by atoms with E-state index in [9.17, 15) is 0 Å². The summed E-state index contributed by atoms with van der Waals surface area (Å²) in [5.74, 6) is 1.76. The van der Waals surface area contributed by atoms with Gasteiger partial charge in [0.1, 0.15) is 11.5 Å². The highest BCUT2D eigenvalue weighted by atomic mass is 16.3. The van der Waals surface area contributed by atoms with Gasteiger partial charge in [-0.3, -0.25) is 4.99 Å². The molecule has 0 saturated carbocycles. The van der Waals surface area contributed by atoms with Crippen LogP contribution in [0.4, 0.5) is 0 Å². The van der Waals surface area contributed by atoms with Crippen LogP contribution in [0.15, 0.2) is 87.9 Å². The molecule has 2 aromatic carbocycles. The van der Waals surface area contributed by atoms with Gasteiger partial charge in [0.2, 0.25) is 0 Å². The number of rotatable bonds is 4. The fourth-order valence-corrected chi connectivity index (χ4v) is 3.65. The van der Waals surface area contributed by atoms with Gasteiger partial charge >= 0.3 is 0 Å². The highest BCUT2D eigenvalue weighted by Crippen LogP contribution is 2.39. The van der Waals surface area contributed by atoms with E-state index in [0.29, 0.717) is 0 Å². The second kappa shape index (κ2) is 8.16. The Balaban J connectivity index is 1.78. The summed E-state index contributed by atoms with van der Waals surface area (Å²) in [5, 5.41) is 0. The lowest BCUT2D eigenvalue weighted by Crippen LogP contribution is -2.02. The third-order valence-electron chi connectivity index (χ3n) is 5.45. The van der Waals surface area contributed by atoms with Gasteiger partial charge in [0.25, 0.3) is 0 Å². The summed E-state index contributed by atoms with van der Waals surface area (Å²) in [4.78, 5) is 4.93. The first-order valence-electron chi connectivity index (χ1n) is 10.2. The maximum atomic E-state index is 6.29. The Bertz CT molecular complexity index is 1180. The molecule has 1 aromatic heterocycles. The highest BCUT2D eigenvalue weighted by Gasteiger charge is 2.24.